The minimum absolute atomic E-state index is 0.0253. The second-order valence-electron chi connectivity index (χ2n) is 10.8. The lowest BCUT2D eigenvalue weighted by molar-refractivity contribution is 0.660. The van der Waals surface area contributed by atoms with Gasteiger partial charge in [-0.15, -0.1) is 0 Å². The Kier molecular flexibility index (Phi) is 4.48. The van der Waals surface area contributed by atoms with Gasteiger partial charge in [0.15, 0.2) is 0 Å². The van der Waals surface area contributed by atoms with E-state index in [4.69, 9.17) is 4.37 Å². The largest absolute Gasteiger partial charge is 0.172 e. The number of benzene rings is 6. The molecule has 0 atom stereocenters. The minimum atomic E-state index is 0.0253. The van der Waals surface area contributed by atoms with Crippen molar-refractivity contribution in [1.82, 2.24) is 8.75 Å². The standard InChI is InChI=1S/C35H24N2S/c1-35(2)31-13-6-5-11-27(31)29-19-24(15-17-32(29)35)22-9-7-8-21(18-22)23-14-16-26-25-10-3-4-12-28(25)33-34(30(26)20-23)37-38-36-33/h3-20H,1-2H3. The third-order valence-corrected chi connectivity index (χ3v) is 8.88. The molecule has 1 aliphatic carbocycles. The van der Waals surface area contributed by atoms with Gasteiger partial charge in [0.05, 0.1) is 11.7 Å². The van der Waals surface area contributed by atoms with Crippen LogP contribution in [0, 0.1) is 0 Å². The summed E-state index contributed by atoms with van der Waals surface area (Å²) >= 11 is 1.29. The molecular formula is C35H24N2S. The van der Waals surface area contributed by atoms with Crippen molar-refractivity contribution in [3.8, 4) is 33.4 Å². The van der Waals surface area contributed by atoms with Gasteiger partial charge in [0, 0.05) is 16.2 Å². The van der Waals surface area contributed by atoms with Crippen molar-refractivity contribution in [2.45, 2.75) is 19.3 Å². The molecule has 1 aliphatic rings. The number of hydrogen-bond acceptors (Lipinski definition) is 3. The van der Waals surface area contributed by atoms with Crippen LogP contribution in [-0.4, -0.2) is 8.75 Å². The van der Waals surface area contributed by atoms with Crippen LogP contribution in [0.3, 0.4) is 0 Å². The molecule has 0 radical (unpaired) electrons. The molecular weight excluding hydrogens is 480 g/mol. The van der Waals surface area contributed by atoms with E-state index >= 15 is 0 Å². The van der Waals surface area contributed by atoms with Gasteiger partial charge in [-0.1, -0.05) is 105 Å². The van der Waals surface area contributed by atoms with Gasteiger partial charge in [-0.3, -0.25) is 0 Å². The minimum Gasteiger partial charge on any atom is -0.172 e. The fraction of sp³-hybridized carbons (Fsp3) is 0.0857. The first-order valence-corrected chi connectivity index (χ1v) is 13.7. The maximum absolute atomic E-state index is 4.69. The molecule has 3 heteroatoms. The van der Waals surface area contributed by atoms with Crippen molar-refractivity contribution in [1.29, 1.82) is 0 Å². The summed E-state index contributed by atoms with van der Waals surface area (Å²) in [6.45, 7) is 4.66. The Hall–Kier alpha value is -4.34. The lowest BCUT2D eigenvalue weighted by atomic mass is 9.82. The van der Waals surface area contributed by atoms with Crippen LogP contribution in [0.25, 0.3) is 66.0 Å². The zero-order valence-corrected chi connectivity index (χ0v) is 22.0. The second kappa shape index (κ2) is 7.83. The number of rotatable bonds is 2. The van der Waals surface area contributed by atoms with Crippen molar-refractivity contribution in [2.75, 3.05) is 0 Å². The fourth-order valence-electron chi connectivity index (χ4n) is 6.40. The second-order valence-corrected chi connectivity index (χ2v) is 11.3. The van der Waals surface area contributed by atoms with Crippen molar-refractivity contribution >= 4 is 44.3 Å². The van der Waals surface area contributed by atoms with Gasteiger partial charge in [0.25, 0.3) is 0 Å². The third kappa shape index (κ3) is 3.00. The van der Waals surface area contributed by atoms with Crippen LogP contribution < -0.4 is 0 Å². The number of nitrogens with zero attached hydrogens (tertiary/aromatic N) is 2. The van der Waals surface area contributed by atoms with Crippen LogP contribution in [-0.2, 0) is 5.41 Å². The maximum Gasteiger partial charge on any atom is 0.113 e. The zero-order chi connectivity index (χ0) is 25.4. The molecule has 0 aliphatic heterocycles. The van der Waals surface area contributed by atoms with E-state index in [2.05, 4.69) is 127 Å². The lowest BCUT2D eigenvalue weighted by Crippen LogP contribution is -2.14. The van der Waals surface area contributed by atoms with Gasteiger partial charge in [0.1, 0.15) is 11.0 Å². The van der Waals surface area contributed by atoms with Gasteiger partial charge >= 0.3 is 0 Å². The van der Waals surface area contributed by atoms with Crippen LogP contribution in [0.2, 0.25) is 0 Å². The van der Waals surface area contributed by atoms with Crippen LogP contribution in [0.15, 0.2) is 109 Å². The summed E-state index contributed by atoms with van der Waals surface area (Å²) in [5.74, 6) is 0. The van der Waals surface area contributed by atoms with Crippen LogP contribution >= 0.6 is 11.7 Å². The molecule has 0 unspecified atom stereocenters. The summed E-state index contributed by atoms with van der Waals surface area (Å²) in [5.41, 5.74) is 12.4. The van der Waals surface area contributed by atoms with Gasteiger partial charge in [0.2, 0.25) is 0 Å². The van der Waals surface area contributed by atoms with Gasteiger partial charge in [-0.25, -0.2) is 0 Å². The van der Waals surface area contributed by atoms with Gasteiger partial charge in [-0.05, 0) is 73.5 Å². The zero-order valence-electron chi connectivity index (χ0n) is 21.2. The van der Waals surface area contributed by atoms with E-state index in [1.54, 1.807) is 0 Å². The molecule has 0 saturated heterocycles. The highest BCUT2D eigenvalue weighted by atomic mass is 32.1. The average molecular weight is 505 g/mol. The molecule has 0 N–H and O–H groups in total. The van der Waals surface area contributed by atoms with E-state index in [-0.39, 0.29) is 5.41 Å². The number of hydrogen-bond donors (Lipinski definition) is 0. The van der Waals surface area contributed by atoms with E-state index < -0.39 is 0 Å². The van der Waals surface area contributed by atoms with E-state index in [0.29, 0.717) is 0 Å². The highest BCUT2D eigenvalue weighted by Gasteiger charge is 2.35. The molecule has 1 heterocycles. The van der Waals surface area contributed by atoms with Crippen molar-refractivity contribution in [2.24, 2.45) is 0 Å². The molecule has 8 rings (SSSR count). The molecule has 0 spiro atoms. The first-order valence-electron chi connectivity index (χ1n) is 13.0. The SMILES string of the molecule is CC1(C)c2ccccc2-c2cc(-c3cccc(-c4ccc5c6ccccc6c6nsnc6c5c4)c3)ccc21. The van der Waals surface area contributed by atoms with Gasteiger partial charge in [-0.2, -0.15) is 8.75 Å². The quantitative estimate of drug-likeness (QED) is 0.219. The van der Waals surface area contributed by atoms with Crippen LogP contribution in [0.1, 0.15) is 25.0 Å². The summed E-state index contributed by atoms with van der Waals surface area (Å²) in [6.07, 6.45) is 0. The predicted molar refractivity (Wildman–Crippen MR) is 161 cm³/mol. The van der Waals surface area contributed by atoms with Crippen molar-refractivity contribution in [3.05, 3.63) is 120 Å². The Bertz CT molecular complexity index is 2060. The summed E-state index contributed by atoms with van der Waals surface area (Å²) in [5, 5.41) is 4.77. The Balaban J connectivity index is 1.27. The molecule has 38 heavy (non-hydrogen) atoms. The summed E-state index contributed by atoms with van der Waals surface area (Å²) < 4.78 is 9.33. The van der Waals surface area contributed by atoms with E-state index in [9.17, 15) is 0 Å². The molecule has 1 aromatic heterocycles. The summed E-state index contributed by atoms with van der Waals surface area (Å²) in [7, 11) is 0. The maximum atomic E-state index is 4.69. The van der Waals surface area contributed by atoms with Gasteiger partial charge < -0.3 is 0 Å². The highest BCUT2D eigenvalue weighted by molar-refractivity contribution is 7.00. The first-order chi connectivity index (χ1) is 18.6. The number of aromatic nitrogens is 2. The smallest absolute Gasteiger partial charge is 0.113 e. The normalized spacial score (nSPS) is 13.7. The molecule has 2 nitrogen and oxygen atoms in total. The average Bonchev–Trinajstić information content (AvgIpc) is 3.55. The highest BCUT2D eigenvalue weighted by Crippen LogP contribution is 2.49. The summed E-state index contributed by atoms with van der Waals surface area (Å²) in [4.78, 5) is 0. The predicted octanol–water partition coefficient (Wildman–Crippen LogP) is 9.64. The van der Waals surface area contributed by atoms with E-state index in [0.717, 1.165) is 16.4 Å². The van der Waals surface area contributed by atoms with Crippen LogP contribution in [0.5, 0.6) is 0 Å². The molecule has 0 saturated carbocycles. The van der Waals surface area contributed by atoms with Crippen molar-refractivity contribution < 1.29 is 0 Å². The number of fused-ring (bicyclic) bond motifs is 9. The monoisotopic (exact) mass is 504 g/mol. The molecule has 6 aromatic carbocycles. The summed E-state index contributed by atoms with van der Waals surface area (Å²) in [6, 6.07) is 40.0. The topological polar surface area (TPSA) is 25.8 Å². The molecule has 0 fully saturated rings. The third-order valence-electron chi connectivity index (χ3n) is 8.35. The Morgan fingerprint density at radius 3 is 1.92 bits per heavy atom. The first kappa shape index (κ1) is 21.7. The Morgan fingerprint density at radius 1 is 0.474 bits per heavy atom. The van der Waals surface area contributed by atoms with Crippen LogP contribution in [0.4, 0.5) is 0 Å². The molecule has 7 aromatic rings. The van der Waals surface area contributed by atoms with Crippen molar-refractivity contribution in [3.63, 3.8) is 0 Å². The molecule has 180 valence electrons. The van der Waals surface area contributed by atoms with E-state index in [1.165, 1.54) is 72.4 Å². The Morgan fingerprint density at radius 2 is 1.08 bits per heavy atom. The Labute approximate surface area is 225 Å². The molecule has 0 amide bonds. The van der Waals surface area contributed by atoms with E-state index in [1.807, 2.05) is 0 Å². The molecule has 0 bridgehead atoms. The fourth-order valence-corrected chi connectivity index (χ4v) is 6.97. The lowest BCUT2D eigenvalue weighted by Gasteiger charge is -2.21.